The van der Waals surface area contributed by atoms with Gasteiger partial charge < -0.3 is 10.6 Å². The topological polar surface area (TPSA) is 46.3 Å². The van der Waals surface area contributed by atoms with Crippen molar-refractivity contribution in [1.29, 1.82) is 0 Å². The smallest absolute Gasteiger partial charge is 0.239 e. The van der Waals surface area contributed by atoms with Crippen molar-refractivity contribution in [2.45, 2.75) is 25.8 Å². The van der Waals surface area contributed by atoms with Crippen molar-refractivity contribution < 1.29 is 4.79 Å². The van der Waals surface area contributed by atoms with E-state index in [2.05, 4.69) is 0 Å². The van der Waals surface area contributed by atoms with E-state index < -0.39 is 0 Å². The Balaban J connectivity index is 2.40. The number of hydrogen-bond acceptors (Lipinski definition) is 2. The van der Waals surface area contributed by atoms with Crippen molar-refractivity contribution in [2.75, 3.05) is 13.1 Å². The summed E-state index contributed by atoms with van der Waals surface area (Å²) in [5, 5.41) is 0. The summed E-state index contributed by atoms with van der Waals surface area (Å²) in [6.07, 6.45) is 2.27. The summed E-state index contributed by atoms with van der Waals surface area (Å²) in [7, 11) is 0. The zero-order chi connectivity index (χ0) is 7.56. The second kappa shape index (κ2) is 3.01. The Morgan fingerprint density at radius 3 is 2.40 bits per heavy atom. The first kappa shape index (κ1) is 7.54. The van der Waals surface area contributed by atoms with Gasteiger partial charge in [0.05, 0.1) is 6.04 Å². The molecule has 2 N–H and O–H groups in total. The van der Waals surface area contributed by atoms with Crippen molar-refractivity contribution in [1.82, 2.24) is 4.90 Å². The van der Waals surface area contributed by atoms with Crippen molar-refractivity contribution in [3.05, 3.63) is 0 Å². The first-order valence-electron chi connectivity index (χ1n) is 3.76. The minimum absolute atomic E-state index is 0.0949. The van der Waals surface area contributed by atoms with Crippen LogP contribution < -0.4 is 5.73 Å². The number of nitrogens with zero attached hydrogens (tertiary/aromatic N) is 1. The molecule has 1 fully saturated rings. The number of carbonyl (C=O) groups excluding carboxylic acids is 1. The van der Waals surface area contributed by atoms with E-state index in [0.29, 0.717) is 0 Å². The predicted molar refractivity (Wildman–Crippen MR) is 39.5 cm³/mol. The van der Waals surface area contributed by atoms with E-state index in [1.807, 2.05) is 4.90 Å². The van der Waals surface area contributed by atoms with Gasteiger partial charge in [-0.25, -0.2) is 0 Å². The van der Waals surface area contributed by atoms with Gasteiger partial charge in [0.1, 0.15) is 0 Å². The number of hydrogen-bond donors (Lipinski definition) is 1. The molecule has 0 saturated carbocycles. The molecule has 3 heteroatoms. The molecule has 1 aliphatic heterocycles. The zero-order valence-electron chi connectivity index (χ0n) is 6.34. The van der Waals surface area contributed by atoms with Crippen molar-refractivity contribution in [3.63, 3.8) is 0 Å². The van der Waals surface area contributed by atoms with Crippen LogP contribution in [0.1, 0.15) is 19.8 Å². The Morgan fingerprint density at radius 2 is 2.00 bits per heavy atom. The van der Waals surface area contributed by atoms with Crippen LogP contribution >= 0.6 is 0 Å². The summed E-state index contributed by atoms with van der Waals surface area (Å²) in [6, 6.07) is -0.321. The molecule has 0 radical (unpaired) electrons. The van der Waals surface area contributed by atoms with Gasteiger partial charge in [-0.05, 0) is 19.8 Å². The van der Waals surface area contributed by atoms with Crippen LogP contribution in [0.4, 0.5) is 0 Å². The van der Waals surface area contributed by atoms with Crippen molar-refractivity contribution >= 4 is 5.91 Å². The Labute approximate surface area is 61.2 Å². The largest absolute Gasteiger partial charge is 0.341 e. The van der Waals surface area contributed by atoms with Gasteiger partial charge in [0, 0.05) is 13.1 Å². The zero-order valence-corrected chi connectivity index (χ0v) is 6.34. The van der Waals surface area contributed by atoms with Crippen LogP contribution in [0, 0.1) is 0 Å². The fourth-order valence-electron chi connectivity index (χ4n) is 1.23. The van der Waals surface area contributed by atoms with Gasteiger partial charge in [-0.15, -0.1) is 0 Å². The highest BCUT2D eigenvalue weighted by molar-refractivity contribution is 5.81. The van der Waals surface area contributed by atoms with Crippen LogP contribution in [0.15, 0.2) is 0 Å². The van der Waals surface area contributed by atoms with Crippen LogP contribution in [0.3, 0.4) is 0 Å². The first-order chi connectivity index (χ1) is 4.72. The molecule has 1 amide bonds. The van der Waals surface area contributed by atoms with Crippen molar-refractivity contribution in [3.8, 4) is 0 Å². The third-order valence-corrected chi connectivity index (χ3v) is 1.81. The van der Waals surface area contributed by atoms with E-state index in [-0.39, 0.29) is 11.9 Å². The Morgan fingerprint density at radius 1 is 1.50 bits per heavy atom. The van der Waals surface area contributed by atoms with E-state index in [1.165, 1.54) is 0 Å². The van der Waals surface area contributed by atoms with Gasteiger partial charge in [-0.2, -0.15) is 0 Å². The number of amides is 1. The minimum atomic E-state index is -0.321. The second-order valence-electron chi connectivity index (χ2n) is 2.82. The summed E-state index contributed by atoms with van der Waals surface area (Å²) >= 11 is 0. The summed E-state index contributed by atoms with van der Waals surface area (Å²) in [5.41, 5.74) is 5.42. The monoisotopic (exact) mass is 142 g/mol. The lowest BCUT2D eigenvalue weighted by Crippen LogP contribution is -2.40. The van der Waals surface area contributed by atoms with Crippen LogP contribution in [-0.4, -0.2) is 29.9 Å². The molecule has 1 saturated heterocycles. The molecule has 58 valence electrons. The lowest BCUT2D eigenvalue weighted by atomic mass is 10.3. The molecular weight excluding hydrogens is 128 g/mol. The molecule has 3 nitrogen and oxygen atoms in total. The molecule has 1 atom stereocenters. The maximum Gasteiger partial charge on any atom is 0.239 e. The first-order valence-corrected chi connectivity index (χ1v) is 3.76. The number of nitrogens with two attached hydrogens (primary N) is 1. The Hall–Kier alpha value is -0.570. The third-order valence-electron chi connectivity index (χ3n) is 1.81. The summed E-state index contributed by atoms with van der Waals surface area (Å²) < 4.78 is 0. The highest BCUT2D eigenvalue weighted by atomic mass is 16.2. The highest BCUT2D eigenvalue weighted by Gasteiger charge is 2.19. The molecule has 1 rings (SSSR count). The van der Waals surface area contributed by atoms with Gasteiger partial charge in [-0.3, -0.25) is 4.79 Å². The summed E-state index contributed by atoms with van der Waals surface area (Å²) in [5.74, 6) is 0.0949. The van der Waals surface area contributed by atoms with Crippen LogP contribution in [-0.2, 0) is 4.79 Å². The van der Waals surface area contributed by atoms with Gasteiger partial charge in [0.15, 0.2) is 0 Å². The molecule has 0 aromatic rings. The average molecular weight is 142 g/mol. The van der Waals surface area contributed by atoms with Crippen LogP contribution in [0.5, 0.6) is 0 Å². The number of rotatable bonds is 1. The SMILES string of the molecule is C[C@@H](N)C(=O)N1CCCC1. The molecular formula is C7H14N2O. The van der Waals surface area contributed by atoms with Gasteiger partial charge >= 0.3 is 0 Å². The van der Waals surface area contributed by atoms with E-state index in [0.717, 1.165) is 25.9 Å². The van der Waals surface area contributed by atoms with Crippen LogP contribution in [0.2, 0.25) is 0 Å². The highest BCUT2D eigenvalue weighted by Crippen LogP contribution is 2.07. The molecule has 10 heavy (non-hydrogen) atoms. The molecule has 0 unspecified atom stereocenters. The van der Waals surface area contributed by atoms with Gasteiger partial charge in [-0.1, -0.05) is 0 Å². The normalized spacial score (nSPS) is 21.2. The lowest BCUT2D eigenvalue weighted by Gasteiger charge is -2.16. The Bertz CT molecular complexity index is 128. The maximum absolute atomic E-state index is 11.1. The number of carbonyl (C=O) groups is 1. The molecule has 0 aromatic carbocycles. The molecule has 0 aliphatic carbocycles. The molecule has 1 aliphatic rings. The van der Waals surface area contributed by atoms with Crippen LogP contribution in [0.25, 0.3) is 0 Å². The third kappa shape index (κ3) is 1.48. The number of likely N-dealkylation sites (tertiary alicyclic amines) is 1. The lowest BCUT2D eigenvalue weighted by molar-refractivity contribution is -0.131. The molecule has 0 aromatic heterocycles. The quantitative estimate of drug-likeness (QED) is 0.558. The molecule has 1 heterocycles. The van der Waals surface area contributed by atoms with E-state index in [9.17, 15) is 4.79 Å². The molecule has 0 bridgehead atoms. The fourth-order valence-corrected chi connectivity index (χ4v) is 1.23. The fraction of sp³-hybridized carbons (Fsp3) is 0.857. The van der Waals surface area contributed by atoms with E-state index >= 15 is 0 Å². The van der Waals surface area contributed by atoms with E-state index in [4.69, 9.17) is 5.73 Å². The Kier molecular flexibility index (Phi) is 2.27. The van der Waals surface area contributed by atoms with Gasteiger partial charge in [0.25, 0.3) is 0 Å². The molecule has 0 spiro atoms. The summed E-state index contributed by atoms with van der Waals surface area (Å²) in [4.78, 5) is 13.0. The van der Waals surface area contributed by atoms with E-state index in [1.54, 1.807) is 6.92 Å². The second-order valence-corrected chi connectivity index (χ2v) is 2.82. The standard InChI is InChI=1S/C7H14N2O/c1-6(8)7(10)9-4-2-3-5-9/h6H,2-5,8H2,1H3/t6-/m1/s1. The minimum Gasteiger partial charge on any atom is -0.341 e. The van der Waals surface area contributed by atoms with Gasteiger partial charge in [0.2, 0.25) is 5.91 Å². The summed E-state index contributed by atoms with van der Waals surface area (Å²) in [6.45, 7) is 3.54. The predicted octanol–water partition coefficient (Wildman–Crippen LogP) is -0.0440. The maximum atomic E-state index is 11.1. The average Bonchev–Trinajstić information content (AvgIpc) is 2.36. The van der Waals surface area contributed by atoms with Crippen molar-refractivity contribution in [2.24, 2.45) is 5.73 Å².